The van der Waals surface area contributed by atoms with E-state index in [1.165, 1.54) is 11.8 Å². The van der Waals surface area contributed by atoms with Crippen molar-refractivity contribution in [3.8, 4) is 0 Å². The molecule has 1 amide bonds. The predicted octanol–water partition coefficient (Wildman–Crippen LogP) is 1.33. The Hall–Kier alpha value is -1.02. The van der Waals surface area contributed by atoms with Crippen LogP contribution in [0.2, 0.25) is 0 Å². The minimum Gasteiger partial charge on any atom is -0.338 e. The minimum absolute atomic E-state index is 0.00329. The lowest BCUT2D eigenvalue weighted by Gasteiger charge is -2.28. The summed E-state index contributed by atoms with van der Waals surface area (Å²) in [5.74, 6) is 0.601. The molecule has 0 aromatic carbocycles. The molecule has 22 heavy (non-hydrogen) atoms. The van der Waals surface area contributed by atoms with Gasteiger partial charge >= 0.3 is 0 Å². The highest BCUT2D eigenvalue weighted by molar-refractivity contribution is 7.99. The molecule has 2 heterocycles. The maximum absolute atomic E-state index is 12.5. The van der Waals surface area contributed by atoms with Crippen LogP contribution in [0, 0.1) is 0 Å². The summed E-state index contributed by atoms with van der Waals surface area (Å²) in [6.07, 6.45) is 5.98. The number of sulfone groups is 1. The van der Waals surface area contributed by atoms with Crippen LogP contribution in [0.15, 0.2) is 17.6 Å². The largest absolute Gasteiger partial charge is 0.338 e. The summed E-state index contributed by atoms with van der Waals surface area (Å²) in [6, 6.07) is -0.161. The summed E-state index contributed by atoms with van der Waals surface area (Å²) in [5, 5.41) is 0.794. The van der Waals surface area contributed by atoms with Gasteiger partial charge in [0.05, 0.1) is 17.3 Å². The zero-order valence-electron chi connectivity index (χ0n) is 13.1. The fraction of sp³-hybridized carbons (Fsp3) is 0.714. The lowest BCUT2D eigenvalue weighted by atomic mass is 10.2. The van der Waals surface area contributed by atoms with Crippen molar-refractivity contribution in [1.29, 1.82) is 0 Å². The first-order chi connectivity index (χ1) is 10.4. The van der Waals surface area contributed by atoms with E-state index >= 15 is 0 Å². The van der Waals surface area contributed by atoms with Crippen LogP contribution in [0.3, 0.4) is 0 Å². The highest BCUT2D eigenvalue weighted by Crippen LogP contribution is 2.21. The molecule has 1 saturated heterocycles. The molecule has 0 N–H and O–H groups in total. The standard InChI is InChI=1S/C14H23N3O3S2/c1-3-4-7-17(12-5-9-22(19,20)11-12)13(18)10-21-14-15-6-8-16(14)2/h6,8,12H,3-5,7,9-11H2,1-2H3. The first-order valence-corrected chi connectivity index (χ1v) is 10.3. The van der Waals surface area contributed by atoms with Crippen molar-refractivity contribution in [2.24, 2.45) is 7.05 Å². The molecule has 1 atom stereocenters. The van der Waals surface area contributed by atoms with Gasteiger partial charge in [-0.15, -0.1) is 0 Å². The van der Waals surface area contributed by atoms with Gasteiger partial charge < -0.3 is 9.47 Å². The third-order valence-electron chi connectivity index (χ3n) is 3.82. The van der Waals surface area contributed by atoms with Crippen molar-refractivity contribution >= 4 is 27.5 Å². The molecule has 1 aromatic rings. The van der Waals surface area contributed by atoms with Gasteiger partial charge in [-0.1, -0.05) is 25.1 Å². The molecule has 6 nitrogen and oxygen atoms in total. The van der Waals surface area contributed by atoms with Gasteiger partial charge in [-0.2, -0.15) is 0 Å². The molecule has 8 heteroatoms. The van der Waals surface area contributed by atoms with Gasteiger partial charge in [0.15, 0.2) is 15.0 Å². The predicted molar refractivity (Wildman–Crippen MR) is 87.6 cm³/mol. The number of hydrogen-bond donors (Lipinski definition) is 0. The Kier molecular flexibility index (Phi) is 5.91. The van der Waals surface area contributed by atoms with E-state index < -0.39 is 9.84 Å². The van der Waals surface area contributed by atoms with Gasteiger partial charge in [-0.25, -0.2) is 13.4 Å². The molecule has 1 aliphatic rings. The number of aryl methyl sites for hydroxylation is 1. The zero-order valence-corrected chi connectivity index (χ0v) is 14.7. The van der Waals surface area contributed by atoms with Crippen LogP contribution in [0.25, 0.3) is 0 Å². The van der Waals surface area contributed by atoms with Gasteiger partial charge in [-0.05, 0) is 12.8 Å². The molecular weight excluding hydrogens is 322 g/mol. The minimum atomic E-state index is -2.98. The highest BCUT2D eigenvalue weighted by atomic mass is 32.2. The second kappa shape index (κ2) is 7.50. The SMILES string of the molecule is CCCCN(C(=O)CSc1nccn1C)C1CCS(=O)(=O)C1. The monoisotopic (exact) mass is 345 g/mol. The van der Waals surface area contributed by atoms with Crippen molar-refractivity contribution in [1.82, 2.24) is 14.5 Å². The van der Waals surface area contributed by atoms with Crippen LogP contribution >= 0.6 is 11.8 Å². The van der Waals surface area contributed by atoms with E-state index in [0.29, 0.717) is 18.7 Å². The Morgan fingerprint density at radius 3 is 2.86 bits per heavy atom. The number of carbonyl (C=O) groups is 1. The van der Waals surface area contributed by atoms with Crippen LogP contribution in [0.4, 0.5) is 0 Å². The van der Waals surface area contributed by atoms with Gasteiger partial charge in [0.2, 0.25) is 5.91 Å². The lowest BCUT2D eigenvalue weighted by Crippen LogP contribution is -2.42. The molecule has 1 unspecified atom stereocenters. The number of hydrogen-bond acceptors (Lipinski definition) is 5. The molecule has 1 aliphatic heterocycles. The first-order valence-electron chi connectivity index (χ1n) is 7.53. The number of amides is 1. The van der Waals surface area contributed by atoms with Crippen LogP contribution in [-0.4, -0.2) is 58.6 Å². The number of rotatable bonds is 7. The van der Waals surface area contributed by atoms with Crippen molar-refractivity contribution in [3.05, 3.63) is 12.4 Å². The van der Waals surface area contributed by atoms with E-state index in [0.717, 1.165) is 18.0 Å². The van der Waals surface area contributed by atoms with Crippen LogP contribution in [0.1, 0.15) is 26.2 Å². The molecule has 0 aliphatic carbocycles. The van der Waals surface area contributed by atoms with Crippen molar-refractivity contribution < 1.29 is 13.2 Å². The average molecular weight is 345 g/mol. The summed E-state index contributed by atoms with van der Waals surface area (Å²) >= 11 is 1.39. The molecule has 0 saturated carbocycles. The maximum atomic E-state index is 12.5. The van der Waals surface area contributed by atoms with Gasteiger partial charge in [-0.3, -0.25) is 4.79 Å². The molecule has 0 bridgehead atoms. The molecular formula is C14H23N3O3S2. The van der Waals surface area contributed by atoms with E-state index in [2.05, 4.69) is 11.9 Å². The second-order valence-electron chi connectivity index (χ2n) is 5.61. The van der Waals surface area contributed by atoms with Crippen molar-refractivity contribution in [2.75, 3.05) is 23.8 Å². The quantitative estimate of drug-likeness (QED) is 0.697. The molecule has 0 radical (unpaired) electrons. The summed E-state index contributed by atoms with van der Waals surface area (Å²) < 4.78 is 25.2. The molecule has 124 valence electrons. The number of unbranched alkanes of at least 4 members (excludes halogenated alkanes) is 1. The Bertz CT molecular complexity index is 613. The Labute approximate surface area is 136 Å². The number of carbonyl (C=O) groups excluding carboxylic acids is 1. The van der Waals surface area contributed by atoms with E-state index in [9.17, 15) is 13.2 Å². The second-order valence-corrected chi connectivity index (χ2v) is 8.78. The molecule has 2 rings (SSSR count). The smallest absolute Gasteiger partial charge is 0.233 e. The average Bonchev–Trinajstić information content (AvgIpc) is 3.03. The third kappa shape index (κ3) is 4.49. The third-order valence-corrected chi connectivity index (χ3v) is 6.62. The number of aromatic nitrogens is 2. The first kappa shape index (κ1) is 17.3. The Balaban J connectivity index is 1.98. The van der Waals surface area contributed by atoms with Crippen LogP contribution in [0.5, 0.6) is 0 Å². The number of nitrogens with zero attached hydrogens (tertiary/aromatic N) is 3. The highest BCUT2D eigenvalue weighted by Gasteiger charge is 2.34. The molecule has 1 fully saturated rings. The zero-order chi connectivity index (χ0) is 16.2. The van der Waals surface area contributed by atoms with Crippen LogP contribution in [-0.2, 0) is 21.7 Å². The van der Waals surface area contributed by atoms with E-state index in [-0.39, 0.29) is 23.5 Å². The number of thioether (sulfide) groups is 1. The topological polar surface area (TPSA) is 72.3 Å². The fourth-order valence-corrected chi connectivity index (χ4v) is 5.11. The van der Waals surface area contributed by atoms with E-state index in [1.807, 2.05) is 17.8 Å². The van der Waals surface area contributed by atoms with Gasteiger partial charge in [0.1, 0.15) is 0 Å². The normalized spacial score (nSPS) is 20.2. The maximum Gasteiger partial charge on any atom is 0.233 e. The van der Waals surface area contributed by atoms with Crippen LogP contribution < -0.4 is 0 Å². The van der Waals surface area contributed by atoms with Crippen molar-refractivity contribution in [2.45, 2.75) is 37.4 Å². The summed E-state index contributed by atoms with van der Waals surface area (Å²) in [6.45, 7) is 2.70. The van der Waals surface area contributed by atoms with E-state index in [4.69, 9.17) is 0 Å². The van der Waals surface area contributed by atoms with Gasteiger partial charge in [0.25, 0.3) is 0 Å². The Morgan fingerprint density at radius 1 is 1.55 bits per heavy atom. The molecule has 1 aromatic heterocycles. The summed E-state index contributed by atoms with van der Waals surface area (Å²) in [4.78, 5) is 18.5. The summed E-state index contributed by atoms with van der Waals surface area (Å²) in [7, 11) is -1.09. The van der Waals surface area contributed by atoms with Gasteiger partial charge in [0, 0.05) is 32.0 Å². The van der Waals surface area contributed by atoms with Crippen molar-refractivity contribution in [3.63, 3.8) is 0 Å². The summed E-state index contributed by atoms with van der Waals surface area (Å²) in [5.41, 5.74) is 0. The fourth-order valence-electron chi connectivity index (χ4n) is 2.56. The number of imidazole rings is 1. The Morgan fingerprint density at radius 2 is 2.32 bits per heavy atom. The van der Waals surface area contributed by atoms with E-state index in [1.54, 1.807) is 11.1 Å². The lowest BCUT2D eigenvalue weighted by molar-refractivity contribution is -0.130. The molecule has 0 spiro atoms.